The highest BCUT2D eigenvalue weighted by atomic mass is 35.5. The van der Waals surface area contributed by atoms with Gasteiger partial charge in [0.25, 0.3) is 0 Å². The zero-order valence-corrected chi connectivity index (χ0v) is 25.4. The fourth-order valence-electron chi connectivity index (χ4n) is 6.64. The van der Waals surface area contributed by atoms with Crippen LogP contribution in [0, 0.1) is 11.6 Å². The van der Waals surface area contributed by atoms with Crippen molar-refractivity contribution in [3.63, 3.8) is 0 Å². The number of nitrogens with zero attached hydrogens (tertiary/aromatic N) is 3. The standard InChI is InChI=1S/C30H38ClF2N3O6S/c31-22-7-8-27(25(33)20-22)43(40,41)36-26(21-3-1-4-23(32)19-21)5-2-6-28(36)30(11-12-30)42-29(39)35-13-9-24(10-14-35)34(15-17-37)16-18-38/h1,3-4,7-8,19-20,24,26,28,37-38H,2,5-6,9-18H2/t26-,28+/m0/s1. The first-order valence-electron chi connectivity index (χ1n) is 14.8. The summed E-state index contributed by atoms with van der Waals surface area (Å²) in [5, 5.41) is 18.8. The molecule has 2 aliphatic heterocycles. The lowest BCUT2D eigenvalue weighted by Gasteiger charge is -2.45. The summed E-state index contributed by atoms with van der Waals surface area (Å²) >= 11 is 5.92. The third kappa shape index (κ3) is 6.84. The highest BCUT2D eigenvalue weighted by molar-refractivity contribution is 7.89. The van der Waals surface area contributed by atoms with E-state index in [4.69, 9.17) is 16.3 Å². The summed E-state index contributed by atoms with van der Waals surface area (Å²) in [7, 11) is -4.47. The maximum Gasteiger partial charge on any atom is 0.410 e. The summed E-state index contributed by atoms with van der Waals surface area (Å²) in [5.41, 5.74) is -0.641. The van der Waals surface area contributed by atoms with Gasteiger partial charge >= 0.3 is 6.09 Å². The average molecular weight is 642 g/mol. The number of likely N-dealkylation sites (tertiary alicyclic amines) is 1. The predicted octanol–water partition coefficient (Wildman–Crippen LogP) is 4.32. The van der Waals surface area contributed by atoms with Gasteiger partial charge in [-0.1, -0.05) is 23.7 Å². The first-order valence-corrected chi connectivity index (χ1v) is 16.6. The molecular weight excluding hydrogens is 604 g/mol. The van der Waals surface area contributed by atoms with Gasteiger partial charge in [-0.15, -0.1) is 0 Å². The van der Waals surface area contributed by atoms with Crippen LogP contribution in [-0.2, 0) is 14.8 Å². The maximum atomic E-state index is 15.1. The van der Waals surface area contributed by atoms with Gasteiger partial charge in [0, 0.05) is 37.2 Å². The summed E-state index contributed by atoms with van der Waals surface area (Å²) in [6, 6.07) is 7.68. The Morgan fingerprint density at radius 1 is 1.02 bits per heavy atom. The van der Waals surface area contributed by atoms with Gasteiger partial charge in [-0.2, -0.15) is 4.31 Å². The molecule has 2 N–H and O–H groups in total. The molecule has 3 aliphatic rings. The molecule has 3 fully saturated rings. The van der Waals surface area contributed by atoms with Crippen molar-refractivity contribution in [3.8, 4) is 0 Å². The van der Waals surface area contributed by atoms with Crippen molar-refractivity contribution in [2.45, 2.75) is 73.6 Å². The van der Waals surface area contributed by atoms with Crippen LogP contribution in [0.15, 0.2) is 47.4 Å². The SMILES string of the molecule is O=C(OC1([C@H]2CCC[C@@H](c3cccc(F)c3)N2S(=O)(=O)c2ccc(Cl)cc2F)CC1)N1CCC(N(CCO)CCO)CC1. The summed E-state index contributed by atoms with van der Waals surface area (Å²) < 4.78 is 65.2. The van der Waals surface area contributed by atoms with Gasteiger partial charge in [-0.05, 0) is 80.8 Å². The Bertz CT molecular complexity index is 1400. The number of ether oxygens (including phenoxy) is 1. The number of carbonyl (C=O) groups excluding carboxylic acids is 1. The van der Waals surface area contributed by atoms with Crippen LogP contribution in [0.1, 0.15) is 56.6 Å². The zero-order valence-electron chi connectivity index (χ0n) is 23.9. The van der Waals surface area contributed by atoms with Crippen molar-refractivity contribution in [2.75, 3.05) is 39.4 Å². The van der Waals surface area contributed by atoms with E-state index >= 15 is 4.39 Å². The minimum absolute atomic E-state index is 0.0257. The third-order valence-corrected chi connectivity index (χ3v) is 11.1. The molecule has 0 aromatic heterocycles. The van der Waals surface area contributed by atoms with Crippen LogP contribution in [0.5, 0.6) is 0 Å². The largest absolute Gasteiger partial charge is 0.441 e. The molecule has 1 amide bonds. The number of carbonyl (C=O) groups is 1. The first kappa shape index (κ1) is 32.1. The number of halogens is 3. The Hall–Kier alpha value is -2.35. The Labute approximate surface area is 256 Å². The van der Waals surface area contributed by atoms with Crippen LogP contribution >= 0.6 is 11.6 Å². The van der Waals surface area contributed by atoms with E-state index in [1.807, 2.05) is 4.90 Å². The molecule has 2 aromatic rings. The lowest BCUT2D eigenvalue weighted by molar-refractivity contribution is -0.0148. The van der Waals surface area contributed by atoms with Gasteiger partial charge in [-0.25, -0.2) is 22.0 Å². The average Bonchev–Trinajstić information content (AvgIpc) is 3.77. The monoisotopic (exact) mass is 641 g/mol. The smallest absolute Gasteiger partial charge is 0.410 e. The van der Waals surface area contributed by atoms with E-state index in [2.05, 4.69) is 0 Å². The molecule has 2 aromatic carbocycles. The normalized spacial score (nSPS) is 23.0. The number of aliphatic hydroxyl groups is 2. The summed E-state index contributed by atoms with van der Waals surface area (Å²) in [4.78, 5) is 16.5. The van der Waals surface area contributed by atoms with E-state index in [1.54, 1.807) is 11.0 Å². The minimum atomic E-state index is -4.47. The molecule has 5 rings (SSSR count). The van der Waals surface area contributed by atoms with Gasteiger partial charge in [0.1, 0.15) is 22.1 Å². The van der Waals surface area contributed by atoms with Crippen molar-refractivity contribution in [1.82, 2.24) is 14.1 Å². The molecule has 0 spiro atoms. The number of piperidine rings is 2. The number of sulfonamides is 1. The number of rotatable bonds is 10. The number of aliphatic hydroxyl groups excluding tert-OH is 2. The second-order valence-electron chi connectivity index (χ2n) is 11.6. The van der Waals surface area contributed by atoms with Gasteiger partial charge in [0.2, 0.25) is 10.0 Å². The van der Waals surface area contributed by atoms with Gasteiger partial charge < -0.3 is 19.8 Å². The number of hydrogen-bond acceptors (Lipinski definition) is 7. The van der Waals surface area contributed by atoms with E-state index < -0.39 is 50.3 Å². The van der Waals surface area contributed by atoms with Crippen LogP contribution in [-0.4, -0.2) is 95.9 Å². The van der Waals surface area contributed by atoms with Gasteiger partial charge in [0.05, 0.1) is 25.3 Å². The second-order valence-corrected chi connectivity index (χ2v) is 13.8. The highest BCUT2D eigenvalue weighted by Gasteiger charge is 2.60. The lowest BCUT2D eigenvalue weighted by Crippen LogP contribution is -2.55. The molecule has 13 heteroatoms. The molecule has 0 unspecified atom stereocenters. The summed E-state index contributed by atoms with van der Waals surface area (Å²) in [6.07, 6.45) is 3.05. The Kier molecular flexibility index (Phi) is 9.94. The van der Waals surface area contributed by atoms with Crippen LogP contribution in [0.25, 0.3) is 0 Å². The molecular formula is C30H38ClF2N3O6S. The maximum absolute atomic E-state index is 15.1. The van der Waals surface area contributed by atoms with Crippen molar-refractivity contribution >= 4 is 27.7 Å². The van der Waals surface area contributed by atoms with E-state index in [-0.39, 0.29) is 24.3 Å². The number of benzene rings is 2. The summed E-state index contributed by atoms with van der Waals surface area (Å²) in [6.45, 7) is 1.66. The molecule has 1 saturated carbocycles. The van der Waals surface area contributed by atoms with Crippen molar-refractivity contribution in [3.05, 3.63) is 64.7 Å². The van der Waals surface area contributed by atoms with E-state index in [0.29, 0.717) is 76.7 Å². The number of hydrogen-bond donors (Lipinski definition) is 2. The first-order chi connectivity index (χ1) is 20.6. The van der Waals surface area contributed by atoms with Crippen molar-refractivity contribution in [1.29, 1.82) is 0 Å². The molecule has 2 heterocycles. The second kappa shape index (κ2) is 13.3. The van der Waals surface area contributed by atoms with Crippen LogP contribution < -0.4 is 0 Å². The van der Waals surface area contributed by atoms with Gasteiger partial charge in [0.15, 0.2) is 0 Å². The quantitative estimate of drug-likeness (QED) is 0.398. The molecule has 43 heavy (non-hydrogen) atoms. The Morgan fingerprint density at radius 2 is 1.72 bits per heavy atom. The topological polar surface area (TPSA) is 111 Å². The van der Waals surface area contributed by atoms with E-state index in [1.165, 1.54) is 28.6 Å². The van der Waals surface area contributed by atoms with E-state index in [9.17, 15) is 27.8 Å². The molecule has 236 valence electrons. The predicted molar refractivity (Wildman–Crippen MR) is 156 cm³/mol. The van der Waals surface area contributed by atoms with Gasteiger partial charge in [-0.3, -0.25) is 4.90 Å². The van der Waals surface area contributed by atoms with Crippen molar-refractivity contribution in [2.24, 2.45) is 0 Å². The van der Waals surface area contributed by atoms with E-state index in [0.717, 1.165) is 12.1 Å². The summed E-state index contributed by atoms with van der Waals surface area (Å²) in [5.74, 6) is -1.50. The fraction of sp³-hybridized carbons (Fsp3) is 0.567. The molecule has 2 saturated heterocycles. The third-order valence-electron chi connectivity index (χ3n) is 8.91. The molecule has 2 atom stereocenters. The van der Waals surface area contributed by atoms with Crippen LogP contribution in [0.3, 0.4) is 0 Å². The molecule has 0 radical (unpaired) electrons. The van der Waals surface area contributed by atoms with Crippen LogP contribution in [0.2, 0.25) is 5.02 Å². The molecule has 9 nitrogen and oxygen atoms in total. The Balaban J connectivity index is 1.40. The zero-order chi connectivity index (χ0) is 30.8. The lowest BCUT2D eigenvalue weighted by atomic mass is 9.90. The number of amides is 1. The molecule has 0 bridgehead atoms. The highest BCUT2D eigenvalue weighted by Crippen LogP contribution is 2.53. The fourth-order valence-corrected chi connectivity index (χ4v) is 8.77. The Morgan fingerprint density at radius 3 is 2.33 bits per heavy atom. The van der Waals surface area contributed by atoms with Crippen molar-refractivity contribution < 1.29 is 36.9 Å². The van der Waals surface area contributed by atoms with Crippen LogP contribution in [0.4, 0.5) is 13.6 Å². The molecule has 1 aliphatic carbocycles. The minimum Gasteiger partial charge on any atom is -0.441 e.